The summed E-state index contributed by atoms with van der Waals surface area (Å²) < 4.78 is 57.4. The van der Waals surface area contributed by atoms with Crippen LogP contribution in [0.15, 0.2) is 97.1 Å². The predicted octanol–water partition coefficient (Wildman–Crippen LogP) is 4.60. The van der Waals surface area contributed by atoms with E-state index in [2.05, 4.69) is 10.6 Å². The number of carbonyl (C=O) groups excluding carboxylic acids is 3. The first-order valence-electron chi connectivity index (χ1n) is 15.9. The van der Waals surface area contributed by atoms with Crippen LogP contribution in [0.3, 0.4) is 0 Å². The lowest BCUT2D eigenvalue weighted by Gasteiger charge is -2.49. The van der Waals surface area contributed by atoms with E-state index in [1.165, 1.54) is 0 Å². The smallest absolute Gasteiger partial charge is 0.240 e. The molecule has 1 aliphatic heterocycles. The number of sulfonamides is 1. The molecule has 1 fully saturated rings. The van der Waals surface area contributed by atoms with E-state index in [0.717, 1.165) is 33.1 Å². The van der Waals surface area contributed by atoms with Gasteiger partial charge in [-0.15, -0.1) is 0 Å². The van der Waals surface area contributed by atoms with Crippen molar-refractivity contribution in [2.45, 2.75) is 31.0 Å². The SMILES string of the molecule is NC(=O)C(Cc1ccccc1)NC(=O)CC(=O)NCCS(=O)(=O)N(c1cc(F)cc(F)c1)C1CN(C(c2ccc(Cl)cc2)c2ccc(Cl)cc2)C1. The lowest BCUT2D eigenvalue weighted by molar-refractivity contribution is -0.132. The number of primary amides is 1. The quantitative estimate of drug-likeness (QED) is 0.152. The summed E-state index contributed by atoms with van der Waals surface area (Å²) in [6.07, 6.45) is -0.567. The summed E-state index contributed by atoms with van der Waals surface area (Å²) in [5.74, 6) is -4.90. The number of benzene rings is 4. The number of likely N-dealkylation sites (tertiary alicyclic amines) is 1. The van der Waals surface area contributed by atoms with E-state index in [1.807, 2.05) is 29.2 Å². The van der Waals surface area contributed by atoms with E-state index in [0.29, 0.717) is 16.1 Å². The Bertz CT molecular complexity index is 1900. The molecule has 0 aliphatic carbocycles. The molecule has 3 amide bonds. The molecule has 1 atom stereocenters. The van der Waals surface area contributed by atoms with E-state index in [4.69, 9.17) is 28.9 Å². The van der Waals surface area contributed by atoms with Crippen molar-refractivity contribution < 1.29 is 31.6 Å². The van der Waals surface area contributed by atoms with Crippen LogP contribution in [0, 0.1) is 11.6 Å². The highest BCUT2D eigenvalue weighted by Gasteiger charge is 2.42. The van der Waals surface area contributed by atoms with Crippen LogP contribution in [0.1, 0.15) is 29.2 Å². The second kappa shape index (κ2) is 16.6. The summed E-state index contributed by atoms with van der Waals surface area (Å²) in [5, 5.41) is 5.93. The number of anilines is 1. The van der Waals surface area contributed by atoms with Crippen molar-refractivity contribution in [2.75, 3.05) is 29.7 Å². The van der Waals surface area contributed by atoms with E-state index in [9.17, 15) is 31.6 Å². The lowest BCUT2D eigenvalue weighted by Crippen LogP contribution is -2.62. The first-order chi connectivity index (χ1) is 24.3. The maximum Gasteiger partial charge on any atom is 0.240 e. The van der Waals surface area contributed by atoms with Crippen LogP contribution in [-0.4, -0.2) is 68.5 Å². The minimum absolute atomic E-state index is 0.122. The summed E-state index contributed by atoms with van der Waals surface area (Å²) >= 11 is 12.3. The van der Waals surface area contributed by atoms with E-state index in [-0.39, 0.29) is 31.2 Å². The largest absolute Gasteiger partial charge is 0.368 e. The molecule has 51 heavy (non-hydrogen) atoms. The van der Waals surface area contributed by atoms with Gasteiger partial charge in [0.05, 0.1) is 23.5 Å². The van der Waals surface area contributed by atoms with E-state index < -0.39 is 70.2 Å². The third-order valence-electron chi connectivity index (χ3n) is 8.32. The van der Waals surface area contributed by atoms with Gasteiger partial charge in [-0.2, -0.15) is 0 Å². The Labute approximate surface area is 304 Å². The normalized spacial score (nSPS) is 14.1. The van der Waals surface area contributed by atoms with Crippen molar-refractivity contribution in [1.29, 1.82) is 0 Å². The van der Waals surface area contributed by atoms with Crippen LogP contribution in [0.2, 0.25) is 10.0 Å². The molecule has 4 N–H and O–H groups in total. The van der Waals surface area contributed by atoms with Crippen LogP contribution in [-0.2, 0) is 30.8 Å². The Balaban J connectivity index is 1.26. The number of hydrogen-bond donors (Lipinski definition) is 3. The van der Waals surface area contributed by atoms with Gasteiger partial charge in [-0.25, -0.2) is 17.2 Å². The molecule has 0 saturated carbocycles. The molecule has 1 aliphatic rings. The predicted molar refractivity (Wildman–Crippen MR) is 192 cm³/mol. The Morgan fingerprint density at radius 2 is 1.39 bits per heavy atom. The van der Waals surface area contributed by atoms with Gasteiger partial charge in [-0.3, -0.25) is 23.6 Å². The molecule has 4 aromatic carbocycles. The standard InChI is InChI=1S/C36H35Cl2F2N5O5S/c37-26-10-6-24(7-11-26)35(25-8-12-27(38)13-9-25)44-21-31(22-44)45(30-18-28(39)17-29(40)19-30)51(49,50)15-14-42-33(46)20-34(47)43-32(36(41)48)16-23-4-2-1-3-5-23/h1-13,17-19,31-32,35H,14-16,20-22H2,(H2,41,48)(H,42,46)(H,43,47). The van der Waals surface area contributed by atoms with Gasteiger partial charge in [-0.1, -0.05) is 77.8 Å². The first-order valence-corrected chi connectivity index (χ1v) is 18.3. The molecule has 15 heteroatoms. The van der Waals surface area contributed by atoms with Gasteiger partial charge in [0.1, 0.15) is 24.1 Å². The van der Waals surface area contributed by atoms with Crippen molar-refractivity contribution in [3.05, 3.63) is 135 Å². The summed E-state index contributed by atoms with van der Waals surface area (Å²) in [6.45, 7) is -0.00569. The van der Waals surface area contributed by atoms with Gasteiger partial charge in [-0.05, 0) is 53.1 Å². The zero-order valence-corrected chi connectivity index (χ0v) is 29.5. The number of hydrogen-bond acceptors (Lipinski definition) is 6. The molecule has 4 aromatic rings. The number of rotatable bonds is 15. The second-order valence-electron chi connectivity index (χ2n) is 12.1. The number of nitrogens with one attached hydrogen (secondary N) is 2. The fourth-order valence-electron chi connectivity index (χ4n) is 5.96. The minimum Gasteiger partial charge on any atom is -0.368 e. The van der Waals surface area contributed by atoms with Gasteiger partial charge >= 0.3 is 0 Å². The molecule has 1 unspecified atom stereocenters. The highest BCUT2D eigenvalue weighted by molar-refractivity contribution is 7.92. The maximum atomic E-state index is 14.4. The average Bonchev–Trinajstić information content (AvgIpc) is 3.04. The lowest BCUT2D eigenvalue weighted by atomic mass is 9.93. The first kappa shape index (κ1) is 37.7. The highest BCUT2D eigenvalue weighted by atomic mass is 35.5. The van der Waals surface area contributed by atoms with Gasteiger partial charge in [0, 0.05) is 42.2 Å². The summed E-state index contributed by atoms with van der Waals surface area (Å²) in [6, 6.07) is 23.8. The molecule has 1 saturated heterocycles. The van der Waals surface area contributed by atoms with Crippen LogP contribution in [0.25, 0.3) is 0 Å². The van der Waals surface area contributed by atoms with Crippen molar-refractivity contribution in [3.63, 3.8) is 0 Å². The average molecular weight is 759 g/mol. The summed E-state index contributed by atoms with van der Waals surface area (Å²) in [7, 11) is -4.29. The van der Waals surface area contributed by atoms with Gasteiger partial charge < -0.3 is 16.4 Å². The highest BCUT2D eigenvalue weighted by Crippen LogP contribution is 2.37. The Hall–Kier alpha value is -4.56. The summed E-state index contributed by atoms with van der Waals surface area (Å²) in [5.41, 5.74) is 7.76. The zero-order valence-electron chi connectivity index (χ0n) is 27.1. The third-order valence-corrected chi connectivity index (χ3v) is 10.7. The molecule has 0 aromatic heterocycles. The number of nitrogens with two attached hydrogens (primary N) is 1. The molecule has 1 heterocycles. The summed E-state index contributed by atoms with van der Waals surface area (Å²) in [4.78, 5) is 39.1. The monoisotopic (exact) mass is 757 g/mol. The molecule has 0 bridgehead atoms. The van der Waals surface area contributed by atoms with Gasteiger partial charge in [0.2, 0.25) is 27.7 Å². The van der Waals surface area contributed by atoms with Gasteiger partial charge in [0.25, 0.3) is 0 Å². The molecule has 0 radical (unpaired) electrons. The van der Waals surface area contributed by atoms with E-state index >= 15 is 0 Å². The van der Waals surface area contributed by atoms with E-state index in [1.54, 1.807) is 54.6 Å². The minimum atomic E-state index is -4.29. The Morgan fingerprint density at radius 3 is 1.92 bits per heavy atom. The van der Waals surface area contributed by atoms with Crippen LogP contribution in [0.4, 0.5) is 14.5 Å². The number of halogens is 4. The van der Waals surface area contributed by atoms with Crippen LogP contribution >= 0.6 is 23.2 Å². The Kier molecular flexibility index (Phi) is 12.3. The fraction of sp³-hybridized carbons (Fsp3) is 0.250. The molecule has 268 valence electrons. The Morgan fingerprint density at radius 1 is 0.843 bits per heavy atom. The number of nitrogens with zero attached hydrogens (tertiary/aromatic N) is 2. The fourth-order valence-corrected chi connectivity index (χ4v) is 7.78. The number of amides is 3. The molecule has 10 nitrogen and oxygen atoms in total. The van der Waals surface area contributed by atoms with Crippen molar-refractivity contribution >= 4 is 56.6 Å². The topological polar surface area (TPSA) is 142 Å². The molecular weight excluding hydrogens is 723 g/mol. The molecule has 5 rings (SSSR count). The molecule has 0 spiro atoms. The number of carbonyl (C=O) groups is 3. The third kappa shape index (κ3) is 10.0. The zero-order chi connectivity index (χ0) is 36.7. The van der Waals surface area contributed by atoms with Crippen molar-refractivity contribution in [3.8, 4) is 0 Å². The van der Waals surface area contributed by atoms with Crippen LogP contribution in [0.5, 0.6) is 0 Å². The van der Waals surface area contributed by atoms with Gasteiger partial charge in [0.15, 0.2) is 0 Å². The van der Waals surface area contributed by atoms with Crippen LogP contribution < -0.4 is 20.7 Å². The maximum absolute atomic E-state index is 14.4. The van der Waals surface area contributed by atoms with Crippen molar-refractivity contribution in [1.82, 2.24) is 15.5 Å². The molecular formula is C36H35Cl2F2N5O5S. The second-order valence-corrected chi connectivity index (χ2v) is 14.9. The van der Waals surface area contributed by atoms with Crippen molar-refractivity contribution in [2.24, 2.45) is 5.73 Å².